The molecule has 0 bridgehead atoms. The Balaban J connectivity index is 1.50. The second-order valence-electron chi connectivity index (χ2n) is 7.08. The summed E-state index contributed by atoms with van der Waals surface area (Å²) in [5.41, 5.74) is 3.44. The standard InChI is InChI=1S/C21H23N3O2S/c1-27-20-17(7-4-11-22-20)19(25)23-16-8-9-18-15(13-16)10-12-24(18)21(26)14-5-2-3-6-14/h4,7-9,11,13-14H,2-3,5-6,10,12H2,1H3,(H,23,25). The van der Waals surface area contributed by atoms with Gasteiger partial charge in [0, 0.05) is 30.0 Å². The second kappa shape index (κ2) is 7.72. The third-order valence-electron chi connectivity index (χ3n) is 5.41. The van der Waals surface area contributed by atoms with E-state index in [0.29, 0.717) is 10.6 Å². The maximum Gasteiger partial charge on any atom is 0.258 e. The maximum absolute atomic E-state index is 12.8. The highest BCUT2D eigenvalue weighted by atomic mass is 32.2. The first-order valence-corrected chi connectivity index (χ1v) is 10.6. The van der Waals surface area contributed by atoms with Crippen LogP contribution in [0.1, 0.15) is 41.6 Å². The van der Waals surface area contributed by atoms with E-state index in [1.165, 1.54) is 11.8 Å². The van der Waals surface area contributed by atoms with Gasteiger partial charge in [-0.15, -0.1) is 11.8 Å². The quantitative estimate of drug-likeness (QED) is 0.809. The van der Waals surface area contributed by atoms with Crippen molar-refractivity contribution < 1.29 is 9.59 Å². The topological polar surface area (TPSA) is 62.3 Å². The van der Waals surface area contributed by atoms with Gasteiger partial charge < -0.3 is 10.2 Å². The Labute approximate surface area is 163 Å². The fourth-order valence-electron chi connectivity index (χ4n) is 4.03. The third kappa shape index (κ3) is 3.58. The first-order valence-electron chi connectivity index (χ1n) is 9.42. The van der Waals surface area contributed by atoms with Gasteiger partial charge in [0.25, 0.3) is 5.91 Å². The number of hydrogen-bond donors (Lipinski definition) is 1. The number of rotatable bonds is 4. The van der Waals surface area contributed by atoms with Crippen molar-refractivity contribution in [3.05, 3.63) is 47.7 Å². The minimum absolute atomic E-state index is 0.163. The molecule has 1 aromatic carbocycles. The van der Waals surface area contributed by atoms with E-state index in [1.807, 2.05) is 29.4 Å². The number of nitrogens with zero attached hydrogens (tertiary/aromatic N) is 2. The predicted molar refractivity (Wildman–Crippen MR) is 108 cm³/mol. The Hall–Kier alpha value is -2.34. The average molecular weight is 382 g/mol. The Bertz CT molecular complexity index is 877. The Morgan fingerprint density at radius 1 is 1.22 bits per heavy atom. The molecule has 1 saturated carbocycles. The SMILES string of the molecule is CSc1ncccc1C(=O)Nc1ccc2c(c1)CCN2C(=O)C1CCCC1. The van der Waals surface area contributed by atoms with Gasteiger partial charge in [-0.2, -0.15) is 0 Å². The van der Waals surface area contributed by atoms with Crippen LogP contribution in [0.2, 0.25) is 0 Å². The molecule has 0 saturated heterocycles. The Morgan fingerprint density at radius 2 is 2.04 bits per heavy atom. The van der Waals surface area contributed by atoms with Crippen molar-refractivity contribution in [2.24, 2.45) is 5.92 Å². The Kier molecular flexibility index (Phi) is 5.16. The van der Waals surface area contributed by atoms with Crippen LogP contribution in [0.4, 0.5) is 11.4 Å². The highest BCUT2D eigenvalue weighted by molar-refractivity contribution is 7.98. The minimum Gasteiger partial charge on any atom is -0.322 e. The number of anilines is 2. The summed E-state index contributed by atoms with van der Waals surface area (Å²) in [5.74, 6) is 0.290. The number of carbonyl (C=O) groups excluding carboxylic acids is 2. The molecule has 0 radical (unpaired) electrons. The van der Waals surface area contributed by atoms with E-state index in [9.17, 15) is 9.59 Å². The normalized spacial score (nSPS) is 16.4. The summed E-state index contributed by atoms with van der Waals surface area (Å²) in [7, 11) is 0. The zero-order chi connectivity index (χ0) is 18.8. The van der Waals surface area contributed by atoms with Crippen molar-refractivity contribution in [3.8, 4) is 0 Å². The monoisotopic (exact) mass is 381 g/mol. The zero-order valence-corrected chi connectivity index (χ0v) is 16.2. The summed E-state index contributed by atoms with van der Waals surface area (Å²) in [5, 5.41) is 3.68. The van der Waals surface area contributed by atoms with Crippen LogP contribution in [0, 0.1) is 5.92 Å². The zero-order valence-electron chi connectivity index (χ0n) is 15.4. The van der Waals surface area contributed by atoms with E-state index in [4.69, 9.17) is 0 Å². The van der Waals surface area contributed by atoms with E-state index < -0.39 is 0 Å². The predicted octanol–water partition coefficient (Wildman–Crippen LogP) is 4.14. The van der Waals surface area contributed by atoms with Crippen molar-refractivity contribution >= 4 is 35.0 Å². The molecule has 1 fully saturated rings. The summed E-state index contributed by atoms with van der Waals surface area (Å²) < 4.78 is 0. The van der Waals surface area contributed by atoms with Gasteiger partial charge in [-0.25, -0.2) is 4.98 Å². The lowest BCUT2D eigenvalue weighted by Crippen LogP contribution is -2.33. The molecule has 0 atom stereocenters. The van der Waals surface area contributed by atoms with E-state index in [-0.39, 0.29) is 17.7 Å². The molecule has 0 unspecified atom stereocenters. The smallest absolute Gasteiger partial charge is 0.258 e. The number of pyridine rings is 1. The van der Waals surface area contributed by atoms with Gasteiger partial charge in [-0.3, -0.25) is 9.59 Å². The van der Waals surface area contributed by atoms with Crippen LogP contribution in [0.5, 0.6) is 0 Å². The van der Waals surface area contributed by atoms with Crippen molar-refractivity contribution in [2.75, 3.05) is 23.0 Å². The lowest BCUT2D eigenvalue weighted by Gasteiger charge is -2.21. The molecule has 1 aliphatic carbocycles. The number of aromatic nitrogens is 1. The fourth-order valence-corrected chi connectivity index (χ4v) is 4.57. The van der Waals surface area contributed by atoms with E-state index in [2.05, 4.69) is 10.3 Å². The summed E-state index contributed by atoms with van der Waals surface area (Å²) in [6.45, 7) is 0.737. The second-order valence-corrected chi connectivity index (χ2v) is 7.87. The molecule has 4 rings (SSSR count). The molecular formula is C21H23N3O2S. The van der Waals surface area contributed by atoms with Crippen molar-refractivity contribution in [1.29, 1.82) is 0 Å². The van der Waals surface area contributed by atoms with E-state index in [1.54, 1.807) is 18.3 Å². The molecule has 0 spiro atoms. The van der Waals surface area contributed by atoms with E-state index in [0.717, 1.165) is 55.6 Å². The molecule has 2 aromatic rings. The van der Waals surface area contributed by atoms with Gasteiger partial charge in [0.15, 0.2) is 0 Å². The third-order valence-corrected chi connectivity index (χ3v) is 6.12. The molecular weight excluding hydrogens is 358 g/mol. The van der Waals surface area contributed by atoms with Gasteiger partial charge >= 0.3 is 0 Å². The summed E-state index contributed by atoms with van der Waals surface area (Å²) in [6.07, 6.45) is 8.78. The van der Waals surface area contributed by atoms with Gasteiger partial charge in [-0.1, -0.05) is 12.8 Å². The van der Waals surface area contributed by atoms with Gasteiger partial charge in [0.1, 0.15) is 5.03 Å². The molecule has 1 N–H and O–H groups in total. The molecule has 140 valence electrons. The lowest BCUT2D eigenvalue weighted by molar-refractivity contribution is -0.122. The maximum atomic E-state index is 12.8. The molecule has 2 aliphatic rings. The summed E-state index contributed by atoms with van der Waals surface area (Å²) in [6, 6.07) is 9.38. The summed E-state index contributed by atoms with van der Waals surface area (Å²) in [4.78, 5) is 31.6. The largest absolute Gasteiger partial charge is 0.322 e. The molecule has 5 nitrogen and oxygen atoms in total. The molecule has 1 aliphatic heterocycles. The highest BCUT2D eigenvalue weighted by Gasteiger charge is 2.31. The van der Waals surface area contributed by atoms with Crippen LogP contribution in [0.25, 0.3) is 0 Å². The van der Waals surface area contributed by atoms with Crippen LogP contribution >= 0.6 is 11.8 Å². The number of amides is 2. The molecule has 2 heterocycles. The van der Waals surface area contributed by atoms with Crippen LogP contribution in [0.15, 0.2) is 41.6 Å². The number of thioether (sulfide) groups is 1. The first-order chi connectivity index (χ1) is 13.2. The number of carbonyl (C=O) groups is 2. The number of hydrogen-bond acceptors (Lipinski definition) is 4. The fraction of sp³-hybridized carbons (Fsp3) is 0.381. The Morgan fingerprint density at radius 3 is 2.81 bits per heavy atom. The number of fused-ring (bicyclic) bond motifs is 1. The minimum atomic E-state index is -0.163. The van der Waals surface area contributed by atoms with Gasteiger partial charge in [0.2, 0.25) is 5.91 Å². The average Bonchev–Trinajstić information content (AvgIpc) is 3.37. The van der Waals surface area contributed by atoms with E-state index >= 15 is 0 Å². The van der Waals surface area contributed by atoms with Crippen molar-refractivity contribution in [2.45, 2.75) is 37.1 Å². The molecule has 1 aromatic heterocycles. The summed E-state index contributed by atoms with van der Waals surface area (Å²) >= 11 is 1.45. The van der Waals surface area contributed by atoms with Gasteiger partial charge in [0.05, 0.1) is 5.56 Å². The van der Waals surface area contributed by atoms with Crippen molar-refractivity contribution in [1.82, 2.24) is 4.98 Å². The van der Waals surface area contributed by atoms with Crippen molar-refractivity contribution in [3.63, 3.8) is 0 Å². The highest BCUT2D eigenvalue weighted by Crippen LogP contribution is 2.35. The van der Waals surface area contributed by atoms with Crippen LogP contribution < -0.4 is 10.2 Å². The number of nitrogens with one attached hydrogen (secondary N) is 1. The first kappa shape index (κ1) is 18.0. The number of benzene rings is 1. The molecule has 6 heteroatoms. The lowest BCUT2D eigenvalue weighted by atomic mass is 10.1. The van der Waals surface area contributed by atoms with Crippen LogP contribution in [-0.2, 0) is 11.2 Å². The van der Waals surface area contributed by atoms with Crippen LogP contribution in [0.3, 0.4) is 0 Å². The van der Waals surface area contributed by atoms with Gasteiger partial charge in [-0.05, 0) is 61.4 Å². The molecule has 2 amide bonds. The van der Waals surface area contributed by atoms with Crippen LogP contribution in [-0.4, -0.2) is 29.6 Å². The molecule has 27 heavy (non-hydrogen) atoms.